The van der Waals surface area contributed by atoms with Crippen molar-refractivity contribution < 1.29 is 4.52 Å². The molecule has 20 heavy (non-hydrogen) atoms. The molecule has 1 aliphatic heterocycles. The Bertz CT molecular complexity index is 560. The van der Waals surface area contributed by atoms with Gasteiger partial charge in [0.15, 0.2) is 5.76 Å². The van der Waals surface area contributed by atoms with E-state index in [-0.39, 0.29) is 0 Å². The second-order valence-electron chi connectivity index (χ2n) is 5.73. The van der Waals surface area contributed by atoms with Gasteiger partial charge in [-0.15, -0.1) is 0 Å². The van der Waals surface area contributed by atoms with Gasteiger partial charge in [-0.3, -0.25) is 9.58 Å². The summed E-state index contributed by atoms with van der Waals surface area (Å²) in [6.07, 6.45) is 9.00. The number of hydrogen-bond donors (Lipinski definition) is 0. The van der Waals surface area contributed by atoms with Gasteiger partial charge in [0.1, 0.15) is 0 Å². The van der Waals surface area contributed by atoms with Crippen molar-refractivity contribution in [1.29, 1.82) is 0 Å². The Labute approximate surface area is 119 Å². The van der Waals surface area contributed by atoms with E-state index in [4.69, 9.17) is 4.52 Å². The Morgan fingerprint density at radius 1 is 1.35 bits per heavy atom. The van der Waals surface area contributed by atoms with Crippen molar-refractivity contribution in [3.05, 3.63) is 35.5 Å². The fraction of sp³-hybridized carbons (Fsp3) is 0.600. The number of nitrogens with zero attached hydrogens (tertiary/aromatic N) is 4. The molecule has 0 amide bonds. The molecule has 2 aromatic heterocycles. The molecular formula is C15H22N4O. The van der Waals surface area contributed by atoms with Crippen LogP contribution in [0, 0.1) is 6.92 Å². The molecule has 1 atom stereocenters. The molecule has 1 aliphatic rings. The maximum Gasteiger partial charge on any atom is 0.154 e. The number of aryl methyl sites for hydroxylation is 2. The Balaban J connectivity index is 1.80. The minimum Gasteiger partial charge on any atom is -0.359 e. The van der Waals surface area contributed by atoms with E-state index in [0.29, 0.717) is 6.04 Å². The highest BCUT2D eigenvalue weighted by molar-refractivity contribution is 5.10. The summed E-state index contributed by atoms with van der Waals surface area (Å²) in [6, 6.07) is 2.42. The van der Waals surface area contributed by atoms with Gasteiger partial charge in [-0.25, -0.2) is 0 Å². The van der Waals surface area contributed by atoms with Crippen LogP contribution < -0.4 is 0 Å². The molecule has 5 nitrogen and oxygen atoms in total. The SMILES string of the molecule is Cc1cc(C2CCCCCN2Cc2cnn(C)c2)on1. The Hall–Kier alpha value is -1.62. The van der Waals surface area contributed by atoms with Crippen molar-refractivity contribution in [2.75, 3.05) is 6.54 Å². The van der Waals surface area contributed by atoms with Crippen LogP contribution in [0.2, 0.25) is 0 Å². The van der Waals surface area contributed by atoms with Crippen LogP contribution in [0.4, 0.5) is 0 Å². The molecule has 0 spiro atoms. The molecule has 1 saturated heterocycles. The summed E-state index contributed by atoms with van der Waals surface area (Å²) in [6.45, 7) is 4.02. The first kappa shape index (κ1) is 13.4. The molecule has 0 saturated carbocycles. The van der Waals surface area contributed by atoms with E-state index in [1.54, 1.807) is 0 Å². The second-order valence-corrected chi connectivity index (χ2v) is 5.73. The van der Waals surface area contributed by atoms with Crippen LogP contribution in [0.25, 0.3) is 0 Å². The predicted octanol–water partition coefficient (Wildman–Crippen LogP) is 2.83. The van der Waals surface area contributed by atoms with E-state index in [2.05, 4.69) is 27.4 Å². The standard InChI is InChI=1S/C15H22N4O/c1-12-8-15(20-17-12)14-6-4-3-5-7-19(14)11-13-9-16-18(2)10-13/h8-10,14H,3-7,11H2,1-2H3. The summed E-state index contributed by atoms with van der Waals surface area (Å²) >= 11 is 0. The highest BCUT2D eigenvalue weighted by Gasteiger charge is 2.26. The summed E-state index contributed by atoms with van der Waals surface area (Å²) in [4.78, 5) is 2.50. The zero-order valence-electron chi connectivity index (χ0n) is 12.2. The van der Waals surface area contributed by atoms with E-state index < -0.39 is 0 Å². The zero-order valence-corrected chi connectivity index (χ0v) is 12.2. The van der Waals surface area contributed by atoms with Gasteiger partial charge in [0.25, 0.3) is 0 Å². The van der Waals surface area contributed by atoms with Crippen LogP contribution in [0.1, 0.15) is 48.7 Å². The van der Waals surface area contributed by atoms with Gasteiger partial charge in [-0.05, 0) is 26.3 Å². The van der Waals surface area contributed by atoms with Gasteiger partial charge < -0.3 is 4.52 Å². The monoisotopic (exact) mass is 274 g/mol. The molecule has 2 aromatic rings. The van der Waals surface area contributed by atoms with Crippen LogP contribution in [-0.2, 0) is 13.6 Å². The predicted molar refractivity (Wildman–Crippen MR) is 76.1 cm³/mol. The molecule has 0 N–H and O–H groups in total. The third-order valence-electron chi connectivity index (χ3n) is 3.98. The maximum atomic E-state index is 5.52. The summed E-state index contributed by atoms with van der Waals surface area (Å²) in [5.41, 5.74) is 2.22. The molecule has 0 aromatic carbocycles. The van der Waals surface area contributed by atoms with Crippen molar-refractivity contribution in [3.63, 3.8) is 0 Å². The molecule has 108 valence electrons. The molecular weight excluding hydrogens is 252 g/mol. The van der Waals surface area contributed by atoms with Crippen molar-refractivity contribution in [2.24, 2.45) is 7.05 Å². The van der Waals surface area contributed by atoms with E-state index in [0.717, 1.165) is 31.0 Å². The van der Waals surface area contributed by atoms with Crippen LogP contribution in [0.15, 0.2) is 23.0 Å². The Morgan fingerprint density at radius 3 is 2.95 bits per heavy atom. The van der Waals surface area contributed by atoms with E-state index in [1.165, 1.54) is 24.8 Å². The number of rotatable bonds is 3. The zero-order chi connectivity index (χ0) is 13.9. The largest absolute Gasteiger partial charge is 0.359 e. The molecule has 0 bridgehead atoms. The lowest BCUT2D eigenvalue weighted by molar-refractivity contribution is 0.160. The smallest absolute Gasteiger partial charge is 0.154 e. The Kier molecular flexibility index (Phi) is 3.87. The number of likely N-dealkylation sites (tertiary alicyclic amines) is 1. The minimum absolute atomic E-state index is 0.346. The summed E-state index contributed by atoms with van der Waals surface area (Å²) in [5.74, 6) is 1.01. The third-order valence-corrected chi connectivity index (χ3v) is 3.98. The lowest BCUT2D eigenvalue weighted by Gasteiger charge is -2.27. The molecule has 1 unspecified atom stereocenters. The van der Waals surface area contributed by atoms with E-state index in [1.807, 2.05) is 24.9 Å². The lowest BCUT2D eigenvalue weighted by Crippen LogP contribution is -2.27. The first-order valence-corrected chi connectivity index (χ1v) is 7.37. The number of aromatic nitrogens is 3. The summed E-state index contributed by atoms with van der Waals surface area (Å²) < 4.78 is 7.38. The third kappa shape index (κ3) is 2.93. The highest BCUT2D eigenvalue weighted by Crippen LogP contribution is 2.31. The lowest BCUT2D eigenvalue weighted by atomic mass is 10.1. The molecule has 3 heterocycles. The van der Waals surface area contributed by atoms with Gasteiger partial charge in [-0.2, -0.15) is 5.10 Å². The fourth-order valence-corrected chi connectivity index (χ4v) is 3.01. The van der Waals surface area contributed by atoms with Crippen LogP contribution in [-0.4, -0.2) is 26.4 Å². The molecule has 1 fully saturated rings. The van der Waals surface area contributed by atoms with Gasteiger partial charge in [0.05, 0.1) is 17.9 Å². The first-order chi connectivity index (χ1) is 9.72. The quantitative estimate of drug-likeness (QED) is 0.863. The fourth-order valence-electron chi connectivity index (χ4n) is 3.01. The maximum absolute atomic E-state index is 5.52. The van der Waals surface area contributed by atoms with Crippen LogP contribution in [0.5, 0.6) is 0 Å². The van der Waals surface area contributed by atoms with Gasteiger partial charge in [0, 0.05) is 31.4 Å². The van der Waals surface area contributed by atoms with Crippen molar-refractivity contribution >= 4 is 0 Å². The van der Waals surface area contributed by atoms with Crippen molar-refractivity contribution in [3.8, 4) is 0 Å². The highest BCUT2D eigenvalue weighted by atomic mass is 16.5. The number of hydrogen-bond acceptors (Lipinski definition) is 4. The first-order valence-electron chi connectivity index (χ1n) is 7.37. The minimum atomic E-state index is 0.346. The molecule has 0 radical (unpaired) electrons. The second kappa shape index (κ2) is 5.79. The van der Waals surface area contributed by atoms with E-state index >= 15 is 0 Å². The molecule has 3 rings (SSSR count). The normalized spacial score (nSPS) is 21.0. The Morgan fingerprint density at radius 2 is 2.25 bits per heavy atom. The van der Waals surface area contributed by atoms with Gasteiger partial charge in [-0.1, -0.05) is 18.0 Å². The van der Waals surface area contributed by atoms with Crippen LogP contribution >= 0.6 is 0 Å². The van der Waals surface area contributed by atoms with Gasteiger partial charge in [0.2, 0.25) is 0 Å². The summed E-state index contributed by atoms with van der Waals surface area (Å²) in [7, 11) is 1.96. The summed E-state index contributed by atoms with van der Waals surface area (Å²) in [5, 5.41) is 8.31. The molecule has 0 aliphatic carbocycles. The molecule has 5 heteroatoms. The van der Waals surface area contributed by atoms with E-state index in [9.17, 15) is 0 Å². The van der Waals surface area contributed by atoms with Crippen LogP contribution in [0.3, 0.4) is 0 Å². The topological polar surface area (TPSA) is 47.1 Å². The van der Waals surface area contributed by atoms with Crippen molar-refractivity contribution in [2.45, 2.75) is 45.2 Å². The average molecular weight is 274 g/mol. The average Bonchev–Trinajstić information content (AvgIpc) is 2.95. The van der Waals surface area contributed by atoms with Crippen molar-refractivity contribution in [1.82, 2.24) is 19.8 Å². The van der Waals surface area contributed by atoms with Gasteiger partial charge >= 0.3 is 0 Å².